The van der Waals surface area contributed by atoms with Gasteiger partial charge in [0.2, 0.25) is 5.91 Å². The Morgan fingerprint density at radius 1 is 1.23 bits per heavy atom. The highest BCUT2D eigenvalue weighted by atomic mass is 35.5. The van der Waals surface area contributed by atoms with Gasteiger partial charge in [-0.1, -0.05) is 6.07 Å². The van der Waals surface area contributed by atoms with E-state index < -0.39 is 0 Å². The SMILES string of the molecule is CNCCC(=O)Nc1cccc(C(=O)N2CCCC2)c1C.Cl. The van der Waals surface area contributed by atoms with Gasteiger partial charge in [0, 0.05) is 37.3 Å². The van der Waals surface area contributed by atoms with Crippen LogP contribution in [0.1, 0.15) is 35.2 Å². The minimum atomic E-state index is -0.0433. The Balaban J connectivity index is 0.00000242. The van der Waals surface area contributed by atoms with E-state index in [1.807, 2.05) is 37.1 Å². The third-order valence-corrected chi connectivity index (χ3v) is 3.83. The molecule has 6 heteroatoms. The normalized spacial score (nSPS) is 13.6. The molecule has 0 aromatic heterocycles. The van der Waals surface area contributed by atoms with Gasteiger partial charge in [-0.2, -0.15) is 0 Å². The highest BCUT2D eigenvalue weighted by Crippen LogP contribution is 2.22. The summed E-state index contributed by atoms with van der Waals surface area (Å²) in [5.74, 6) is 0.0227. The molecule has 2 rings (SSSR count). The first-order chi connectivity index (χ1) is 10.1. The molecule has 122 valence electrons. The van der Waals surface area contributed by atoms with Crippen molar-refractivity contribution in [3.63, 3.8) is 0 Å². The van der Waals surface area contributed by atoms with Crippen molar-refractivity contribution in [1.29, 1.82) is 0 Å². The van der Waals surface area contributed by atoms with Crippen LogP contribution < -0.4 is 10.6 Å². The summed E-state index contributed by atoms with van der Waals surface area (Å²) in [4.78, 5) is 26.2. The summed E-state index contributed by atoms with van der Waals surface area (Å²) in [7, 11) is 1.81. The largest absolute Gasteiger partial charge is 0.339 e. The minimum Gasteiger partial charge on any atom is -0.339 e. The van der Waals surface area contributed by atoms with Crippen LogP contribution >= 0.6 is 12.4 Å². The average molecular weight is 326 g/mol. The molecule has 2 N–H and O–H groups in total. The van der Waals surface area contributed by atoms with Gasteiger partial charge in [0.1, 0.15) is 0 Å². The summed E-state index contributed by atoms with van der Waals surface area (Å²) < 4.78 is 0. The Hall–Kier alpha value is -1.59. The molecule has 2 amide bonds. The molecule has 1 aliphatic heterocycles. The zero-order chi connectivity index (χ0) is 15.2. The van der Waals surface area contributed by atoms with Crippen LogP contribution in [0.15, 0.2) is 18.2 Å². The summed E-state index contributed by atoms with van der Waals surface area (Å²) in [5, 5.41) is 5.83. The van der Waals surface area contributed by atoms with Gasteiger partial charge < -0.3 is 15.5 Å². The first-order valence-corrected chi connectivity index (χ1v) is 7.47. The zero-order valence-electron chi connectivity index (χ0n) is 13.1. The van der Waals surface area contributed by atoms with Crippen LogP contribution in [0.25, 0.3) is 0 Å². The molecule has 0 aliphatic carbocycles. The predicted octanol–water partition coefficient (Wildman–Crippen LogP) is 2.20. The summed E-state index contributed by atoms with van der Waals surface area (Å²) >= 11 is 0. The van der Waals surface area contributed by atoms with Crippen molar-refractivity contribution in [2.75, 3.05) is 32.0 Å². The lowest BCUT2D eigenvalue weighted by molar-refractivity contribution is -0.116. The molecular weight excluding hydrogens is 302 g/mol. The maximum atomic E-state index is 12.5. The van der Waals surface area contributed by atoms with E-state index in [2.05, 4.69) is 10.6 Å². The van der Waals surface area contributed by atoms with E-state index in [0.717, 1.165) is 37.2 Å². The minimum absolute atomic E-state index is 0. The number of hydrogen-bond donors (Lipinski definition) is 2. The Morgan fingerprint density at radius 2 is 1.91 bits per heavy atom. The standard InChI is InChI=1S/C16H23N3O2.ClH/c1-12-13(16(21)19-10-3-4-11-19)6-5-7-14(12)18-15(20)8-9-17-2;/h5-7,17H,3-4,8-11H2,1-2H3,(H,18,20);1H. The van der Waals surface area contributed by atoms with Crippen molar-refractivity contribution in [2.45, 2.75) is 26.2 Å². The number of nitrogens with zero attached hydrogens (tertiary/aromatic N) is 1. The van der Waals surface area contributed by atoms with Crippen LogP contribution in [0, 0.1) is 6.92 Å². The topological polar surface area (TPSA) is 61.4 Å². The van der Waals surface area contributed by atoms with Gasteiger partial charge in [-0.25, -0.2) is 0 Å². The molecule has 22 heavy (non-hydrogen) atoms. The number of benzene rings is 1. The second-order valence-corrected chi connectivity index (χ2v) is 5.38. The van der Waals surface area contributed by atoms with Crippen LogP contribution in [0.2, 0.25) is 0 Å². The molecule has 0 spiro atoms. The molecule has 0 saturated carbocycles. The number of nitrogens with one attached hydrogen (secondary N) is 2. The van der Waals surface area contributed by atoms with E-state index >= 15 is 0 Å². The van der Waals surface area contributed by atoms with Crippen molar-refractivity contribution in [2.24, 2.45) is 0 Å². The molecule has 1 heterocycles. The van der Waals surface area contributed by atoms with Gasteiger partial charge in [0.15, 0.2) is 0 Å². The number of halogens is 1. The van der Waals surface area contributed by atoms with E-state index in [0.29, 0.717) is 18.5 Å². The van der Waals surface area contributed by atoms with Crippen molar-refractivity contribution >= 4 is 29.9 Å². The lowest BCUT2D eigenvalue weighted by Crippen LogP contribution is -2.28. The fourth-order valence-electron chi connectivity index (χ4n) is 2.54. The van der Waals surface area contributed by atoms with Crippen molar-refractivity contribution in [1.82, 2.24) is 10.2 Å². The monoisotopic (exact) mass is 325 g/mol. The zero-order valence-corrected chi connectivity index (χ0v) is 14.0. The fraction of sp³-hybridized carbons (Fsp3) is 0.500. The van der Waals surface area contributed by atoms with Gasteiger partial charge in [0.05, 0.1) is 0 Å². The summed E-state index contributed by atoms with van der Waals surface area (Å²) in [6, 6.07) is 5.50. The van der Waals surface area contributed by atoms with Crippen LogP contribution in [-0.4, -0.2) is 43.4 Å². The number of hydrogen-bond acceptors (Lipinski definition) is 3. The Bertz CT molecular complexity index is 528. The van der Waals surface area contributed by atoms with Gasteiger partial charge in [-0.05, 0) is 44.5 Å². The van der Waals surface area contributed by atoms with Crippen LogP contribution in [0.5, 0.6) is 0 Å². The molecule has 1 aliphatic rings. The second-order valence-electron chi connectivity index (χ2n) is 5.38. The van der Waals surface area contributed by atoms with E-state index in [9.17, 15) is 9.59 Å². The quantitative estimate of drug-likeness (QED) is 0.872. The Kier molecular flexibility index (Phi) is 7.35. The molecular formula is C16H24ClN3O2. The summed E-state index contributed by atoms with van der Waals surface area (Å²) in [6.45, 7) is 4.18. The summed E-state index contributed by atoms with van der Waals surface area (Å²) in [6.07, 6.45) is 2.57. The molecule has 0 unspecified atom stereocenters. The van der Waals surface area contributed by atoms with Crippen LogP contribution in [-0.2, 0) is 4.79 Å². The van der Waals surface area contributed by atoms with Crippen molar-refractivity contribution in [3.05, 3.63) is 29.3 Å². The smallest absolute Gasteiger partial charge is 0.254 e. The van der Waals surface area contributed by atoms with Crippen LogP contribution in [0.4, 0.5) is 5.69 Å². The molecule has 1 fully saturated rings. The van der Waals surface area contributed by atoms with Gasteiger partial charge in [-0.15, -0.1) is 12.4 Å². The molecule has 0 radical (unpaired) electrons. The average Bonchev–Trinajstić information content (AvgIpc) is 3.01. The lowest BCUT2D eigenvalue weighted by atomic mass is 10.1. The number of rotatable bonds is 5. The molecule has 5 nitrogen and oxygen atoms in total. The molecule has 1 aromatic carbocycles. The van der Waals surface area contributed by atoms with Crippen LogP contribution in [0.3, 0.4) is 0 Å². The number of carbonyl (C=O) groups is 2. The number of carbonyl (C=O) groups excluding carboxylic acids is 2. The number of likely N-dealkylation sites (tertiary alicyclic amines) is 1. The molecule has 0 atom stereocenters. The summed E-state index contributed by atoms with van der Waals surface area (Å²) in [5.41, 5.74) is 2.25. The first-order valence-electron chi connectivity index (χ1n) is 7.47. The van der Waals surface area contributed by atoms with E-state index in [-0.39, 0.29) is 24.2 Å². The van der Waals surface area contributed by atoms with E-state index in [1.54, 1.807) is 0 Å². The molecule has 1 aromatic rings. The highest BCUT2D eigenvalue weighted by Gasteiger charge is 2.21. The van der Waals surface area contributed by atoms with E-state index in [4.69, 9.17) is 0 Å². The van der Waals surface area contributed by atoms with Crippen molar-refractivity contribution in [3.8, 4) is 0 Å². The maximum Gasteiger partial charge on any atom is 0.254 e. The number of amides is 2. The van der Waals surface area contributed by atoms with E-state index in [1.165, 1.54) is 0 Å². The fourth-order valence-corrected chi connectivity index (χ4v) is 2.54. The molecule has 0 bridgehead atoms. The highest BCUT2D eigenvalue weighted by molar-refractivity contribution is 5.99. The predicted molar refractivity (Wildman–Crippen MR) is 90.7 cm³/mol. The lowest BCUT2D eigenvalue weighted by Gasteiger charge is -2.18. The Morgan fingerprint density at radius 3 is 2.55 bits per heavy atom. The third-order valence-electron chi connectivity index (χ3n) is 3.83. The molecule has 1 saturated heterocycles. The van der Waals surface area contributed by atoms with Gasteiger partial charge in [0.25, 0.3) is 5.91 Å². The first kappa shape index (κ1) is 18.5. The van der Waals surface area contributed by atoms with Gasteiger partial charge >= 0.3 is 0 Å². The Labute approximate surface area is 137 Å². The second kappa shape index (κ2) is 8.76. The maximum absolute atomic E-state index is 12.5. The third kappa shape index (κ3) is 4.45. The van der Waals surface area contributed by atoms with Gasteiger partial charge in [-0.3, -0.25) is 9.59 Å². The number of anilines is 1. The van der Waals surface area contributed by atoms with Crippen molar-refractivity contribution < 1.29 is 9.59 Å².